The number of hydrogen-bond acceptors (Lipinski definition) is 10. The average molecular weight is 517 g/mol. The number of nitrogens with one attached hydrogen (secondary N) is 1. The van der Waals surface area contributed by atoms with Crippen LogP contribution in [0.3, 0.4) is 0 Å². The molecule has 1 fully saturated rings. The summed E-state index contributed by atoms with van der Waals surface area (Å²) in [6, 6.07) is 2.84. The van der Waals surface area contributed by atoms with E-state index in [9.17, 15) is 44.7 Å². The second-order valence-corrected chi connectivity index (χ2v) is 10.5. The summed E-state index contributed by atoms with van der Waals surface area (Å²) in [6.45, 7) is 6.53. The highest BCUT2D eigenvalue weighted by Gasteiger charge is 2.64. The number of ether oxygens (including phenoxy) is 1. The SMILES string of the molecule is CC1c2ccc(NC(=O)OC(C)(C)C)c(O)c2C(O)=C2C(=O)C3(O)C(O)=C(C(N)=O)C(=O)CC3C(O)C21. The molecule has 3 aliphatic carbocycles. The van der Waals surface area contributed by atoms with Gasteiger partial charge < -0.3 is 36.0 Å². The molecule has 0 aromatic heterocycles. The van der Waals surface area contributed by atoms with Crippen LogP contribution in [-0.4, -0.2) is 66.4 Å². The third-order valence-corrected chi connectivity index (χ3v) is 7.14. The number of nitrogens with two attached hydrogens (primary N) is 1. The number of Topliss-reactive ketones (excluding diaryl/α,β-unsaturated/α-hetero) is 2. The zero-order valence-electron chi connectivity index (χ0n) is 20.5. The van der Waals surface area contributed by atoms with Crippen LogP contribution in [0.2, 0.25) is 0 Å². The first-order valence-corrected chi connectivity index (χ1v) is 11.5. The van der Waals surface area contributed by atoms with Crippen LogP contribution in [0.5, 0.6) is 5.75 Å². The zero-order chi connectivity index (χ0) is 27.8. The number of hydrogen-bond donors (Lipinski definition) is 7. The highest BCUT2D eigenvalue weighted by molar-refractivity contribution is 6.23. The zero-order valence-corrected chi connectivity index (χ0v) is 20.5. The summed E-state index contributed by atoms with van der Waals surface area (Å²) in [5, 5.41) is 57.7. The van der Waals surface area contributed by atoms with Crippen LogP contribution >= 0.6 is 0 Å². The normalized spacial score (nSPS) is 29.4. The average Bonchev–Trinajstić information content (AvgIpc) is 2.76. The van der Waals surface area contributed by atoms with Gasteiger partial charge in [-0.15, -0.1) is 0 Å². The van der Waals surface area contributed by atoms with E-state index in [0.29, 0.717) is 5.56 Å². The van der Waals surface area contributed by atoms with Gasteiger partial charge in [-0.3, -0.25) is 19.7 Å². The molecule has 0 saturated heterocycles. The lowest BCUT2D eigenvalue weighted by Gasteiger charge is -2.50. The number of anilines is 1. The lowest BCUT2D eigenvalue weighted by Crippen LogP contribution is -2.63. The minimum Gasteiger partial charge on any atom is -0.508 e. The lowest BCUT2D eigenvalue weighted by atomic mass is 9.55. The van der Waals surface area contributed by atoms with Crippen molar-refractivity contribution >= 4 is 35.0 Å². The van der Waals surface area contributed by atoms with E-state index in [0.717, 1.165) is 0 Å². The molecule has 3 aliphatic rings. The van der Waals surface area contributed by atoms with Gasteiger partial charge in [0.1, 0.15) is 28.4 Å². The minimum absolute atomic E-state index is 0.145. The van der Waals surface area contributed by atoms with Crippen molar-refractivity contribution in [1.29, 1.82) is 0 Å². The third-order valence-electron chi connectivity index (χ3n) is 7.14. The van der Waals surface area contributed by atoms with Crippen LogP contribution in [-0.2, 0) is 19.1 Å². The number of amides is 2. The summed E-state index contributed by atoms with van der Waals surface area (Å²) in [4.78, 5) is 50.1. The molecule has 0 heterocycles. The van der Waals surface area contributed by atoms with Gasteiger partial charge in [-0.25, -0.2) is 4.79 Å². The number of phenolic OH excluding ortho intramolecular Hbond substituents is 1. The van der Waals surface area contributed by atoms with Crippen molar-refractivity contribution in [1.82, 2.24) is 0 Å². The molecule has 198 valence electrons. The number of aliphatic hydroxyl groups excluding tert-OH is 3. The van der Waals surface area contributed by atoms with Crippen molar-refractivity contribution in [3.05, 3.63) is 40.2 Å². The Morgan fingerprint density at radius 2 is 1.78 bits per heavy atom. The summed E-state index contributed by atoms with van der Waals surface area (Å²) >= 11 is 0. The molecule has 4 rings (SSSR count). The van der Waals surface area contributed by atoms with Gasteiger partial charge in [0, 0.05) is 23.8 Å². The standard InChI is InChI=1S/C25H28N2O10/c1-8-9-5-6-11(27-23(35)37-24(2,3)4)18(30)14(9)19(31)16-13(8)17(29)10-7-12(28)15(22(26)34)20(32)25(10,36)21(16)33/h5-6,8,10,13,17,29-32,36H,7H2,1-4H3,(H2,26,34)(H,27,35). The van der Waals surface area contributed by atoms with Gasteiger partial charge in [0.2, 0.25) is 5.78 Å². The second kappa shape index (κ2) is 8.32. The Labute approximate surface area is 211 Å². The second-order valence-electron chi connectivity index (χ2n) is 10.5. The number of aromatic hydroxyl groups is 1. The number of carbonyl (C=O) groups is 4. The van der Waals surface area contributed by atoms with Gasteiger partial charge in [-0.1, -0.05) is 13.0 Å². The predicted molar refractivity (Wildman–Crippen MR) is 127 cm³/mol. The predicted octanol–water partition coefficient (Wildman–Crippen LogP) is 1.30. The number of aliphatic hydroxyl groups is 4. The molecule has 1 aromatic carbocycles. The van der Waals surface area contributed by atoms with Crippen molar-refractivity contribution < 1.29 is 49.4 Å². The first kappa shape index (κ1) is 26.2. The molecule has 0 spiro atoms. The molecule has 12 heteroatoms. The fraction of sp³-hybridized carbons (Fsp3) is 0.440. The molecule has 1 saturated carbocycles. The number of primary amides is 1. The quantitative estimate of drug-likeness (QED) is 0.221. The number of carbonyl (C=O) groups excluding carboxylic acids is 4. The Morgan fingerprint density at radius 3 is 2.35 bits per heavy atom. The van der Waals surface area contributed by atoms with Gasteiger partial charge in [-0.05, 0) is 38.3 Å². The molecule has 8 N–H and O–H groups in total. The highest BCUT2D eigenvalue weighted by Crippen LogP contribution is 2.56. The molecule has 0 bridgehead atoms. The van der Waals surface area contributed by atoms with E-state index in [1.165, 1.54) is 12.1 Å². The monoisotopic (exact) mass is 516 g/mol. The van der Waals surface area contributed by atoms with E-state index >= 15 is 0 Å². The lowest BCUT2D eigenvalue weighted by molar-refractivity contribution is -0.160. The van der Waals surface area contributed by atoms with E-state index in [1.54, 1.807) is 27.7 Å². The number of rotatable bonds is 2. The Bertz CT molecular complexity index is 1320. The Morgan fingerprint density at radius 1 is 1.16 bits per heavy atom. The van der Waals surface area contributed by atoms with E-state index in [-0.39, 0.29) is 11.3 Å². The molecule has 5 unspecified atom stereocenters. The number of benzene rings is 1. The molecule has 0 radical (unpaired) electrons. The Kier molecular flexibility index (Phi) is 5.88. The molecule has 2 amide bonds. The maximum Gasteiger partial charge on any atom is 0.412 e. The van der Waals surface area contributed by atoms with Crippen LogP contribution in [0.4, 0.5) is 10.5 Å². The number of fused-ring (bicyclic) bond motifs is 3. The fourth-order valence-electron chi connectivity index (χ4n) is 5.51. The van der Waals surface area contributed by atoms with Crippen LogP contribution in [0.15, 0.2) is 29.0 Å². The minimum atomic E-state index is -2.92. The number of ketones is 2. The molecule has 1 aromatic rings. The Hall–Kier alpha value is -3.90. The molecule has 12 nitrogen and oxygen atoms in total. The maximum absolute atomic E-state index is 13.6. The maximum atomic E-state index is 13.6. The van der Waals surface area contributed by atoms with Gasteiger partial charge in [0.15, 0.2) is 11.4 Å². The van der Waals surface area contributed by atoms with E-state index < -0.39 is 93.5 Å². The van der Waals surface area contributed by atoms with E-state index in [1.807, 2.05) is 0 Å². The molecule has 37 heavy (non-hydrogen) atoms. The topological polar surface area (TPSA) is 217 Å². The summed E-state index contributed by atoms with van der Waals surface area (Å²) in [6.07, 6.45) is -3.16. The first-order chi connectivity index (χ1) is 17.0. The largest absolute Gasteiger partial charge is 0.508 e. The van der Waals surface area contributed by atoms with Gasteiger partial charge in [0.05, 0.1) is 17.4 Å². The first-order valence-electron chi connectivity index (χ1n) is 11.5. The summed E-state index contributed by atoms with van der Waals surface area (Å²) in [7, 11) is 0. The van der Waals surface area contributed by atoms with Crippen molar-refractivity contribution in [3.8, 4) is 5.75 Å². The molecule has 5 atom stereocenters. The Balaban J connectivity index is 1.88. The summed E-state index contributed by atoms with van der Waals surface area (Å²) < 4.78 is 5.17. The van der Waals surface area contributed by atoms with Crippen LogP contribution in [0.25, 0.3) is 5.76 Å². The van der Waals surface area contributed by atoms with Crippen LogP contribution in [0.1, 0.15) is 51.2 Å². The fourth-order valence-corrected chi connectivity index (χ4v) is 5.51. The van der Waals surface area contributed by atoms with Crippen molar-refractivity contribution in [2.45, 2.75) is 57.3 Å². The van der Waals surface area contributed by atoms with Gasteiger partial charge >= 0.3 is 6.09 Å². The van der Waals surface area contributed by atoms with Crippen molar-refractivity contribution in [3.63, 3.8) is 0 Å². The smallest absolute Gasteiger partial charge is 0.412 e. The van der Waals surface area contributed by atoms with Crippen molar-refractivity contribution in [2.75, 3.05) is 5.32 Å². The molecule has 0 aliphatic heterocycles. The summed E-state index contributed by atoms with van der Waals surface area (Å²) in [5.74, 6) is -9.66. The molecular formula is C25H28N2O10. The van der Waals surface area contributed by atoms with Gasteiger partial charge in [0.25, 0.3) is 5.91 Å². The third kappa shape index (κ3) is 3.75. The highest BCUT2D eigenvalue weighted by atomic mass is 16.6. The van der Waals surface area contributed by atoms with Crippen LogP contribution < -0.4 is 11.1 Å². The molecular weight excluding hydrogens is 488 g/mol. The van der Waals surface area contributed by atoms with E-state index in [2.05, 4.69) is 5.32 Å². The number of phenols is 1. The van der Waals surface area contributed by atoms with Crippen molar-refractivity contribution in [2.24, 2.45) is 17.6 Å². The van der Waals surface area contributed by atoms with Crippen LogP contribution in [0, 0.1) is 11.8 Å². The summed E-state index contributed by atoms with van der Waals surface area (Å²) in [5.41, 5.74) is -0.133. The van der Waals surface area contributed by atoms with E-state index in [4.69, 9.17) is 10.5 Å². The van der Waals surface area contributed by atoms with Gasteiger partial charge in [-0.2, -0.15) is 0 Å².